The van der Waals surface area contributed by atoms with E-state index in [1.807, 2.05) is 0 Å². The van der Waals surface area contributed by atoms with Crippen LogP contribution in [-0.2, 0) is 15.9 Å². The Hall–Kier alpha value is -3.42. The second kappa shape index (κ2) is 8.84. The van der Waals surface area contributed by atoms with Gasteiger partial charge in [-0.15, -0.1) is 0 Å². The number of rotatable bonds is 6. The van der Waals surface area contributed by atoms with E-state index >= 15 is 0 Å². The molecule has 1 amide bonds. The van der Waals surface area contributed by atoms with E-state index in [1.54, 1.807) is 13.8 Å². The lowest BCUT2D eigenvalue weighted by molar-refractivity contribution is -0.127. The molecule has 1 aliphatic rings. The molecule has 1 fully saturated rings. The predicted molar refractivity (Wildman–Crippen MR) is 107 cm³/mol. The van der Waals surface area contributed by atoms with Gasteiger partial charge in [-0.25, -0.2) is 19.2 Å². The van der Waals surface area contributed by atoms with Gasteiger partial charge in [0.2, 0.25) is 5.95 Å². The highest BCUT2D eigenvalue weighted by Gasteiger charge is 2.42. The van der Waals surface area contributed by atoms with Crippen molar-refractivity contribution in [3.63, 3.8) is 0 Å². The van der Waals surface area contributed by atoms with E-state index in [9.17, 15) is 22.4 Å². The number of alkyl halides is 4. The molecule has 178 valence electrons. The van der Waals surface area contributed by atoms with Crippen molar-refractivity contribution in [3.05, 3.63) is 35.9 Å². The van der Waals surface area contributed by atoms with Gasteiger partial charge < -0.3 is 20.1 Å². The molecule has 4 heterocycles. The van der Waals surface area contributed by atoms with Crippen molar-refractivity contribution in [2.24, 2.45) is 0 Å². The Balaban J connectivity index is 1.45. The molecule has 0 saturated carbocycles. The van der Waals surface area contributed by atoms with E-state index in [2.05, 4.69) is 30.8 Å². The number of nitrogens with one attached hydrogen (secondary N) is 3. The summed E-state index contributed by atoms with van der Waals surface area (Å²) in [4.78, 5) is 19.8. The third-order valence-electron chi connectivity index (χ3n) is 4.71. The molecular formula is C19H21F4N7O3. The molecule has 3 atom stereocenters. The molecule has 14 heteroatoms. The van der Waals surface area contributed by atoms with Crippen molar-refractivity contribution < 1.29 is 31.8 Å². The second-order valence-corrected chi connectivity index (χ2v) is 7.80. The zero-order chi connectivity index (χ0) is 23.8. The number of aromatic amines is 1. The highest BCUT2D eigenvalue weighted by molar-refractivity contribution is 5.67. The standard InChI is InChI=1S/C19H21F4N7O3/c1-9(2)25-18(31)33-12-8-32-16(15(12)20)11-5-13(29-28-11)27-17-24-4-3-14-26-10(7-30(14)17)6-19(21,22)23/h3-5,7,9,12,15-16H,6,8H2,1-2H3,(H,25,31)(H2,24,27,28,29)/t12-,15+,16-/m1/s1. The monoisotopic (exact) mass is 471 g/mol. The number of alkyl carbamates (subject to hydrolysis) is 1. The Kier molecular flexibility index (Phi) is 6.10. The molecular weight excluding hydrogens is 450 g/mol. The average Bonchev–Trinajstić information content (AvgIpc) is 3.40. The Labute approximate surface area is 184 Å². The number of nitrogens with zero attached hydrogens (tertiary/aromatic N) is 4. The minimum Gasteiger partial charge on any atom is -0.441 e. The molecule has 10 nitrogen and oxygen atoms in total. The molecule has 0 unspecified atom stereocenters. The maximum Gasteiger partial charge on any atom is 0.407 e. The molecule has 1 aliphatic heterocycles. The zero-order valence-electron chi connectivity index (χ0n) is 17.6. The minimum atomic E-state index is -4.39. The maximum absolute atomic E-state index is 14.8. The fourth-order valence-corrected chi connectivity index (χ4v) is 3.36. The second-order valence-electron chi connectivity index (χ2n) is 7.80. The quantitative estimate of drug-likeness (QED) is 0.473. The molecule has 3 N–H and O–H groups in total. The summed E-state index contributed by atoms with van der Waals surface area (Å²) in [5.74, 6) is 0.399. The smallest absolute Gasteiger partial charge is 0.407 e. The van der Waals surface area contributed by atoms with Crippen molar-refractivity contribution in [2.45, 2.75) is 50.9 Å². The highest BCUT2D eigenvalue weighted by atomic mass is 19.4. The van der Waals surface area contributed by atoms with Gasteiger partial charge in [-0.05, 0) is 19.9 Å². The first-order valence-corrected chi connectivity index (χ1v) is 10.0. The number of imidazole rings is 1. The van der Waals surface area contributed by atoms with Gasteiger partial charge in [-0.3, -0.25) is 9.50 Å². The Morgan fingerprint density at radius 2 is 2.21 bits per heavy atom. The summed E-state index contributed by atoms with van der Waals surface area (Å²) in [7, 11) is 0. The van der Waals surface area contributed by atoms with Crippen molar-refractivity contribution in [1.29, 1.82) is 0 Å². The van der Waals surface area contributed by atoms with Crippen LogP contribution in [0.3, 0.4) is 0 Å². The summed E-state index contributed by atoms with van der Waals surface area (Å²) < 4.78 is 64.7. The lowest BCUT2D eigenvalue weighted by atomic mass is 10.1. The van der Waals surface area contributed by atoms with Gasteiger partial charge in [0.15, 0.2) is 18.1 Å². The number of halogens is 4. The van der Waals surface area contributed by atoms with Crippen LogP contribution in [0.15, 0.2) is 24.5 Å². The average molecular weight is 471 g/mol. The lowest BCUT2D eigenvalue weighted by Gasteiger charge is -2.16. The molecule has 0 spiro atoms. The third kappa shape index (κ3) is 5.32. The van der Waals surface area contributed by atoms with Crippen molar-refractivity contribution in [3.8, 4) is 0 Å². The van der Waals surface area contributed by atoms with Crippen molar-refractivity contribution in [2.75, 3.05) is 11.9 Å². The van der Waals surface area contributed by atoms with Crippen LogP contribution in [0.1, 0.15) is 31.3 Å². The molecule has 0 aliphatic carbocycles. The zero-order valence-corrected chi connectivity index (χ0v) is 17.6. The first-order valence-electron chi connectivity index (χ1n) is 10.0. The van der Waals surface area contributed by atoms with Crippen LogP contribution in [0.4, 0.5) is 34.1 Å². The maximum atomic E-state index is 14.8. The van der Waals surface area contributed by atoms with E-state index in [-0.39, 0.29) is 41.4 Å². The van der Waals surface area contributed by atoms with Crippen LogP contribution in [0.25, 0.3) is 5.65 Å². The van der Waals surface area contributed by atoms with Gasteiger partial charge in [0, 0.05) is 24.5 Å². The molecule has 0 aromatic carbocycles. The number of carbonyl (C=O) groups is 1. The molecule has 0 radical (unpaired) electrons. The largest absolute Gasteiger partial charge is 0.441 e. The highest BCUT2D eigenvalue weighted by Crippen LogP contribution is 2.33. The minimum absolute atomic E-state index is 0.128. The molecule has 4 rings (SSSR count). The number of carbonyl (C=O) groups excluding carboxylic acids is 1. The van der Waals surface area contributed by atoms with Crippen LogP contribution in [0.5, 0.6) is 0 Å². The fourth-order valence-electron chi connectivity index (χ4n) is 3.36. The number of ether oxygens (including phenoxy) is 2. The molecule has 3 aromatic heterocycles. The summed E-state index contributed by atoms with van der Waals surface area (Å²) in [5, 5.41) is 12.1. The van der Waals surface area contributed by atoms with Gasteiger partial charge in [0.1, 0.15) is 11.8 Å². The SMILES string of the molecule is CC(C)NC(=O)O[C@@H]1CO[C@H](c2cc(Nc3nccc4nc(CC(F)(F)F)cn34)n[nH]2)[C@H]1F. The van der Waals surface area contributed by atoms with Crippen LogP contribution in [-0.4, -0.2) is 61.8 Å². The summed E-state index contributed by atoms with van der Waals surface area (Å²) in [6.07, 6.45) is -7.44. The Bertz CT molecular complexity index is 1130. The van der Waals surface area contributed by atoms with Gasteiger partial charge in [0.25, 0.3) is 0 Å². The van der Waals surface area contributed by atoms with Crippen LogP contribution in [0.2, 0.25) is 0 Å². The van der Waals surface area contributed by atoms with Crippen LogP contribution in [0, 0.1) is 0 Å². The van der Waals surface area contributed by atoms with Gasteiger partial charge in [0.05, 0.1) is 24.4 Å². The summed E-state index contributed by atoms with van der Waals surface area (Å²) in [5.41, 5.74) is 0.398. The Morgan fingerprint density at radius 3 is 2.94 bits per heavy atom. The third-order valence-corrected chi connectivity index (χ3v) is 4.71. The number of hydrogen-bond acceptors (Lipinski definition) is 7. The van der Waals surface area contributed by atoms with E-state index < -0.39 is 37.1 Å². The molecule has 1 saturated heterocycles. The van der Waals surface area contributed by atoms with Gasteiger partial charge in [-0.2, -0.15) is 18.3 Å². The Morgan fingerprint density at radius 1 is 1.42 bits per heavy atom. The van der Waals surface area contributed by atoms with Crippen molar-refractivity contribution in [1.82, 2.24) is 29.9 Å². The molecule has 0 bridgehead atoms. The van der Waals surface area contributed by atoms with E-state index in [0.29, 0.717) is 0 Å². The fraction of sp³-hybridized carbons (Fsp3) is 0.474. The number of anilines is 2. The van der Waals surface area contributed by atoms with E-state index in [1.165, 1.54) is 28.9 Å². The number of aromatic nitrogens is 5. The van der Waals surface area contributed by atoms with Gasteiger partial charge >= 0.3 is 12.3 Å². The summed E-state index contributed by atoms with van der Waals surface area (Å²) >= 11 is 0. The topological polar surface area (TPSA) is 118 Å². The first-order chi connectivity index (χ1) is 15.6. The number of hydrogen-bond donors (Lipinski definition) is 3. The predicted octanol–water partition coefficient (Wildman–Crippen LogP) is 3.21. The van der Waals surface area contributed by atoms with E-state index in [0.717, 1.165) is 0 Å². The molecule has 3 aromatic rings. The normalized spacial score (nSPS) is 21.0. The van der Waals surface area contributed by atoms with Crippen LogP contribution >= 0.6 is 0 Å². The first kappa shape index (κ1) is 22.8. The summed E-state index contributed by atoms with van der Waals surface area (Å²) in [6.45, 7) is 3.37. The van der Waals surface area contributed by atoms with Crippen molar-refractivity contribution >= 4 is 23.5 Å². The molecule has 33 heavy (non-hydrogen) atoms. The van der Waals surface area contributed by atoms with Crippen LogP contribution < -0.4 is 10.6 Å². The van der Waals surface area contributed by atoms with E-state index in [4.69, 9.17) is 9.47 Å². The number of amides is 1. The van der Waals surface area contributed by atoms with Gasteiger partial charge in [-0.1, -0.05) is 0 Å². The number of fused-ring (bicyclic) bond motifs is 1. The lowest BCUT2D eigenvalue weighted by Crippen LogP contribution is -2.36. The summed E-state index contributed by atoms with van der Waals surface area (Å²) in [6, 6.07) is 2.78. The number of H-pyrrole nitrogens is 1.